The van der Waals surface area contributed by atoms with Gasteiger partial charge >= 0.3 is 0 Å². The number of rotatable bonds is 2. The largest absolute Gasteiger partial charge is 0.507 e. The number of aromatic hydroxyl groups is 1. The predicted molar refractivity (Wildman–Crippen MR) is 58.9 cm³/mol. The molecule has 0 saturated heterocycles. The number of halogens is 1. The summed E-state index contributed by atoms with van der Waals surface area (Å²) < 4.78 is 12.8. The second-order valence-electron chi connectivity index (χ2n) is 3.40. The Bertz CT molecular complexity index is 535. The molecule has 0 bridgehead atoms. The summed E-state index contributed by atoms with van der Waals surface area (Å²) in [4.78, 5) is 10.6. The van der Waals surface area contributed by atoms with Gasteiger partial charge < -0.3 is 5.11 Å². The number of carbonyl (C=O) groups excluding carboxylic acids is 1. The molecule has 2 aromatic carbocycles. The maximum absolute atomic E-state index is 12.8. The minimum atomic E-state index is -0.493. The van der Waals surface area contributed by atoms with E-state index in [-0.39, 0.29) is 5.75 Å². The molecule has 0 amide bonds. The van der Waals surface area contributed by atoms with Gasteiger partial charge in [-0.3, -0.25) is 4.79 Å². The third-order valence-corrected chi connectivity index (χ3v) is 2.29. The lowest BCUT2D eigenvalue weighted by Crippen LogP contribution is -1.84. The van der Waals surface area contributed by atoms with Crippen LogP contribution >= 0.6 is 0 Å². The van der Waals surface area contributed by atoms with Crippen molar-refractivity contribution in [3.8, 4) is 16.9 Å². The normalized spacial score (nSPS) is 10.1. The van der Waals surface area contributed by atoms with Crippen molar-refractivity contribution in [3.05, 3.63) is 53.8 Å². The highest BCUT2D eigenvalue weighted by atomic mass is 19.1. The number of carbonyl (C=O) groups is 1. The Labute approximate surface area is 92.0 Å². The van der Waals surface area contributed by atoms with E-state index in [2.05, 4.69) is 0 Å². The van der Waals surface area contributed by atoms with E-state index in [9.17, 15) is 14.3 Å². The molecular formula is C13H9FO2. The minimum Gasteiger partial charge on any atom is -0.507 e. The average Bonchev–Trinajstić information content (AvgIpc) is 2.29. The molecule has 1 N–H and O–H groups in total. The first kappa shape index (κ1) is 10.4. The summed E-state index contributed by atoms with van der Waals surface area (Å²) in [6.07, 6.45) is 0.726. The summed E-state index contributed by atoms with van der Waals surface area (Å²) in [6, 6.07) is 10.6. The Balaban J connectivity index is 2.53. The molecule has 0 aliphatic carbocycles. The molecule has 0 radical (unpaired) electrons. The van der Waals surface area contributed by atoms with Crippen LogP contribution in [0.25, 0.3) is 11.1 Å². The van der Waals surface area contributed by atoms with Crippen molar-refractivity contribution >= 4 is 6.29 Å². The third kappa shape index (κ3) is 1.93. The van der Waals surface area contributed by atoms with Gasteiger partial charge in [0, 0.05) is 17.2 Å². The van der Waals surface area contributed by atoms with Gasteiger partial charge in [-0.05, 0) is 23.8 Å². The highest BCUT2D eigenvalue weighted by molar-refractivity contribution is 5.80. The zero-order valence-corrected chi connectivity index (χ0v) is 8.35. The van der Waals surface area contributed by atoms with Crippen molar-refractivity contribution in [2.45, 2.75) is 0 Å². The van der Waals surface area contributed by atoms with E-state index in [4.69, 9.17) is 0 Å². The fourth-order valence-electron chi connectivity index (χ4n) is 1.53. The summed E-state index contributed by atoms with van der Waals surface area (Å²) >= 11 is 0. The average molecular weight is 216 g/mol. The number of hydrogen-bond donors (Lipinski definition) is 1. The first-order valence-corrected chi connectivity index (χ1v) is 4.75. The van der Waals surface area contributed by atoms with E-state index in [0.717, 1.165) is 12.4 Å². The van der Waals surface area contributed by atoms with Crippen LogP contribution in [0.4, 0.5) is 4.39 Å². The number of phenols is 1. The lowest BCUT2D eigenvalue weighted by atomic mass is 10.0. The summed E-state index contributed by atoms with van der Waals surface area (Å²) in [6.45, 7) is 0. The van der Waals surface area contributed by atoms with Crippen LogP contribution in [0.2, 0.25) is 0 Å². The molecule has 80 valence electrons. The van der Waals surface area contributed by atoms with Crippen LogP contribution in [0.3, 0.4) is 0 Å². The lowest BCUT2D eigenvalue weighted by Gasteiger charge is -2.05. The molecule has 0 saturated carbocycles. The molecule has 0 aliphatic heterocycles. The second kappa shape index (κ2) is 4.14. The maximum atomic E-state index is 12.8. The topological polar surface area (TPSA) is 37.3 Å². The lowest BCUT2D eigenvalue weighted by molar-refractivity contribution is 0.112. The molecule has 0 unspecified atom stereocenters. The molecule has 0 spiro atoms. The quantitative estimate of drug-likeness (QED) is 0.783. The molecular weight excluding hydrogens is 207 g/mol. The molecule has 0 fully saturated rings. The van der Waals surface area contributed by atoms with Gasteiger partial charge in [-0.1, -0.05) is 18.2 Å². The first-order valence-electron chi connectivity index (χ1n) is 4.75. The smallest absolute Gasteiger partial charge is 0.150 e. The van der Waals surface area contributed by atoms with Crippen molar-refractivity contribution in [1.29, 1.82) is 0 Å². The Morgan fingerprint density at radius 3 is 2.62 bits per heavy atom. The van der Waals surface area contributed by atoms with Gasteiger partial charge in [0.25, 0.3) is 0 Å². The monoisotopic (exact) mass is 216 g/mol. The number of benzene rings is 2. The fourth-order valence-corrected chi connectivity index (χ4v) is 1.53. The Morgan fingerprint density at radius 2 is 1.94 bits per heavy atom. The molecule has 0 aliphatic rings. The third-order valence-electron chi connectivity index (χ3n) is 2.29. The van der Waals surface area contributed by atoms with Crippen molar-refractivity contribution in [2.75, 3.05) is 0 Å². The summed E-state index contributed by atoms with van der Waals surface area (Å²) in [5.41, 5.74) is 1.70. The van der Waals surface area contributed by atoms with Crippen LogP contribution in [0.1, 0.15) is 10.4 Å². The number of aldehydes is 1. The van der Waals surface area contributed by atoms with E-state index in [0.29, 0.717) is 16.7 Å². The molecule has 16 heavy (non-hydrogen) atoms. The molecule has 3 heteroatoms. The molecule has 0 atom stereocenters. The summed E-state index contributed by atoms with van der Waals surface area (Å²) in [5, 5.41) is 9.58. The first-order chi connectivity index (χ1) is 7.70. The van der Waals surface area contributed by atoms with Gasteiger partial charge in [-0.2, -0.15) is 0 Å². The molecule has 0 aromatic heterocycles. The van der Waals surface area contributed by atoms with Gasteiger partial charge in [0.1, 0.15) is 17.9 Å². The van der Waals surface area contributed by atoms with Crippen LogP contribution in [-0.4, -0.2) is 11.4 Å². The molecule has 2 nitrogen and oxygen atoms in total. The van der Waals surface area contributed by atoms with E-state index in [1.165, 1.54) is 12.1 Å². The van der Waals surface area contributed by atoms with Crippen molar-refractivity contribution in [3.63, 3.8) is 0 Å². The van der Waals surface area contributed by atoms with Crippen LogP contribution in [-0.2, 0) is 0 Å². The maximum Gasteiger partial charge on any atom is 0.150 e. The zero-order valence-electron chi connectivity index (χ0n) is 8.35. The van der Waals surface area contributed by atoms with Gasteiger partial charge in [0.05, 0.1) is 0 Å². The van der Waals surface area contributed by atoms with Gasteiger partial charge in [0.2, 0.25) is 0 Å². The van der Waals surface area contributed by atoms with Crippen LogP contribution in [0.15, 0.2) is 42.5 Å². The Morgan fingerprint density at radius 1 is 1.12 bits per heavy atom. The van der Waals surface area contributed by atoms with Crippen molar-refractivity contribution in [1.82, 2.24) is 0 Å². The van der Waals surface area contributed by atoms with Gasteiger partial charge in [0.15, 0.2) is 0 Å². The van der Waals surface area contributed by atoms with Crippen LogP contribution in [0.5, 0.6) is 5.75 Å². The summed E-state index contributed by atoms with van der Waals surface area (Å²) in [7, 11) is 0. The minimum absolute atomic E-state index is 0.136. The van der Waals surface area contributed by atoms with Gasteiger partial charge in [-0.25, -0.2) is 4.39 Å². The van der Waals surface area contributed by atoms with Crippen molar-refractivity contribution < 1.29 is 14.3 Å². The van der Waals surface area contributed by atoms with Crippen molar-refractivity contribution in [2.24, 2.45) is 0 Å². The molecule has 2 aromatic rings. The second-order valence-corrected chi connectivity index (χ2v) is 3.40. The van der Waals surface area contributed by atoms with Crippen LogP contribution < -0.4 is 0 Å². The fraction of sp³-hybridized carbons (Fsp3) is 0. The van der Waals surface area contributed by atoms with E-state index in [1.807, 2.05) is 0 Å². The Hall–Kier alpha value is -2.16. The highest BCUT2D eigenvalue weighted by Gasteiger charge is 2.05. The number of phenolic OH excluding ortho intramolecular Hbond substituents is 1. The van der Waals surface area contributed by atoms with E-state index in [1.54, 1.807) is 24.3 Å². The molecule has 2 rings (SSSR count). The SMILES string of the molecule is O=Cc1cccc(-c2ccc(F)cc2O)c1. The number of hydrogen-bond acceptors (Lipinski definition) is 2. The Kier molecular flexibility index (Phi) is 2.68. The summed E-state index contributed by atoms with van der Waals surface area (Å²) in [5.74, 6) is -0.629. The standard InChI is InChI=1S/C13H9FO2/c14-11-4-5-12(13(16)7-11)10-3-1-2-9(6-10)8-15/h1-8,16H. The molecule has 0 heterocycles. The predicted octanol–water partition coefficient (Wildman–Crippen LogP) is 3.01. The van der Waals surface area contributed by atoms with E-state index >= 15 is 0 Å². The van der Waals surface area contributed by atoms with E-state index < -0.39 is 5.82 Å². The van der Waals surface area contributed by atoms with Gasteiger partial charge in [-0.15, -0.1) is 0 Å². The van der Waals surface area contributed by atoms with Crippen LogP contribution in [0, 0.1) is 5.82 Å². The zero-order chi connectivity index (χ0) is 11.5. The highest BCUT2D eigenvalue weighted by Crippen LogP contribution is 2.29.